The Morgan fingerprint density at radius 3 is 2.65 bits per heavy atom. The molecule has 1 amide bonds. The van der Waals surface area contributed by atoms with Crippen molar-refractivity contribution in [1.82, 2.24) is 10.2 Å². The van der Waals surface area contributed by atoms with Crippen LogP contribution in [0.4, 0.5) is 5.13 Å². The first kappa shape index (κ1) is 14.8. The molecule has 0 fully saturated rings. The molecule has 0 bridgehead atoms. The van der Waals surface area contributed by atoms with Gasteiger partial charge in [-0.25, -0.2) is 0 Å². The Labute approximate surface area is 125 Å². The molecule has 0 aliphatic rings. The second-order valence-corrected chi connectivity index (χ2v) is 6.17. The van der Waals surface area contributed by atoms with Crippen LogP contribution in [0.3, 0.4) is 0 Å². The van der Waals surface area contributed by atoms with Gasteiger partial charge in [0.2, 0.25) is 5.13 Å². The summed E-state index contributed by atoms with van der Waals surface area (Å²) in [4.78, 5) is 12.0. The fourth-order valence-electron chi connectivity index (χ4n) is 1.42. The van der Waals surface area contributed by atoms with Crippen molar-refractivity contribution in [2.75, 3.05) is 11.6 Å². The third-order valence-electron chi connectivity index (χ3n) is 2.51. The average molecular weight is 309 g/mol. The Morgan fingerprint density at radius 2 is 2.05 bits per heavy atom. The van der Waals surface area contributed by atoms with E-state index < -0.39 is 6.10 Å². The van der Waals surface area contributed by atoms with Gasteiger partial charge in [-0.2, -0.15) is 0 Å². The minimum Gasteiger partial charge on any atom is -0.481 e. The Kier molecular flexibility index (Phi) is 4.97. The number of carbonyl (C=O) groups excluding carboxylic acids is 1. The van der Waals surface area contributed by atoms with Crippen LogP contribution in [0.25, 0.3) is 0 Å². The van der Waals surface area contributed by atoms with Crippen LogP contribution >= 0.6 is 23.1 Å². The molecular formula is C13H15N3O2S2. The summed E-state index contributed by atoms with van der Waals surface area (Å²) in [7, 11) is 0. The maximum Gasteiger partial charge on any atom is 0.266 e. The molecule has 2 aromatic rings. The van der Waals surface area contributed by atoms with Crippen LogP contribution in [0.2, 0.25) is 0 Å². The third-order valence-corrected chi connectivity index (χ3v) is 4.33. The highest BCUT2D eigenvalue weighted by Crippen LogP contribution is 2.23. The number of ether oxygens (including phenoxy) is 1. The molecule has 7 heteroatoms. The van der Waals surface area contributed by atoms with Crippen molar-refractivity contribution in [2.45, 2.75) is 24.3 Å². The molecular weight excluding hydrogens is 294 g/mol. The second-order valence-electron chi connectivity index (χ2n) is 4.14. The summed E-state index contributed by atoms with van der Waals surface area (Å²) in [6, 6.07) is 7.57. The summed E-state index contributed by atoms with van der Waals surface area (Å²) in [6.45, 7) is 3.70. The lowest BCUT2D eigenvalue weighted by atomic mass is 10.2. The number of benzene rings is 1. The minimum absolute atomic E-state index is 0.241. The molecule has 20 heavy (non-hydrogen) atoms. The number of carbonyl (C=O) groups is 1. The van der Waals surface area contributed by atoms with Gasteiger partial charge < -0.3 is 4.74 Å². The summed E-state index contributed by atoms with van der Waals surface area (Å²) in [5, 5.41) is 11.0. The van der Waals surface area contributed by atoms with Gasteiger partial charge in [-0.05, 0) is 32.2 Å². The lowest BCUT2D eigenvalue weighted by Crippen LogP contribution is -2.30. The minimum atomic E-state index is -0.598. The quantitative estimate of drug-likeness (QED) is 0.679. The lowest BCUT2D eigenvalue weighted by molar-refractivity contribution is -0.122. The van der Waals surface area contributed by atoms with Crippen molar-refractivity contribution >= 4 is 34.1 Å². The van der Waals surface area contributed by atoms with Gasteiger partial charge in [0.15, 0.2) is 10.4 Å². The van der Waals surface area contributed by atoms with Gasteiger partial charge in [-0.1, -0.05) is 40.8 Å². The summed E-state index contributed by atoms with van der Waals surface area (Å²) >= 11 is 2.83. The fourth-order valence-corrected chi connectivity index (χ4v) is 2.60. The molecule has 1 aromatic heterocycles. The van der Waals surface area contributed by atoms with Crippen molar-refractivity contribution in [3.63, 3.8) is 0 Å². The first-order chi connectivity index (χ1) is 9.58. The van der Waals surface area contributed by atoms with E-state index in [4.69, 9.17) is 4.74 Å². The van der Waals surface area contributed by atoms with E-state index in [2.05, 4.69) is 15.5 Å². The van der Waals surface area contributed by atoms with Gasteiger partial charge >= 0.3 is 0 Å². The third kappa shape index (κ3) is 3.94. The van der Waals surface area contributed by atoms with Crippen LogP contribution in [0.5, 0.6) is 5.75 Å². The normalized spacial score (nSPS) is 11.9. The average Bonchev–Trinajstić information content (AvgIpc) is 2.89. The molecule has 1 unspecified atom stereocenters. The van der Waals surface area contributed by atoms with E-state index in [1.165, 1.54) is 23.1 Å². The van der Waals surface area contributed by atoms with E-state index in [1.807, 2.05) is 37.4 Å². The van der Waals surface area contributed by atoms with E-state index in [-0.39, 0.29) is 5.91 Å². The van der Waals surface area contributed by atoms with Gasteiger partial charge in [0, 0.05) is 0 Å². The van der Waals surface area contributed by atoms with Crippen molar-refractivity contribution in [1.29, 1.82) is 0 Å². The standard InChI is InChI=1S/C13H15N3O2S2/c1-8-4-6-10(7-5-8)18-9(2)11(17)14-12-15-16-13(19-3)20-12/h4-7,9H,1-3H3,(H,14,15,17). The number of aromatic nitrogens is 2. The maximum absolute atomic E-state index is 12.0. The number of nitrogens with zero attached hydrogens (tertiary/aromatic N) is 2. The molecule has 0 radical (unpaired) electrons. The summed E-state index contributed by atoms with van der Waals surface area (Å²) in [5.41, 5.74) is 1.15. The van der Waals surface area contributed by atoms with Gasteiger partial charge in [-0.3, -0.25) is 10.1 Å². The van der Waals surface area contributed by atoms with E-state index in [0.29, 0.717) is 10.9 Å². The van der Waals surface area contributed by atoms with Crippen LogP contribution in [0.1, 0.15) is 12.5 Å². The SMILES string of the molecule is CSc1nnc(NC(=O)C(C)Oc2ccc(C)cc2)s1. The number of aryl methyl sites for hydroxylation is 1. The smallest absolute Gasteiger partial charge is 0.266 e. The second kappa shape index (κ2) is 6.71. The molecule has 106 valence electrons. The highest BCUT2D eigenvalue weighted by Gasteiger charge is 2.16. The van der Waals surface area contributed by atoms with Crippen LogP contribution < -0.4 is 10.1 Å². The lowest BCUT2D eigenvalue weighted by Gasteiger charge is -2.13. The Bertz CT molecular complexity index is 584. The van der Waals surface area contributed by atoms with Crippen LogP contribution in [0.15, 0.2) is 28.6 Å². The largest absolute Gasteiger partial charge is 0.481 e. The molecule has 2 rings (SSSR count). The molecule has 0 aliphatic carbocycles. The molecule has 0 saturated heterocycles. The number of hydrogen-bond donors (Lipinski definition) is 1. The zero-order valence-corrected chi connectivity index (χ0v) is 13.0. The van der Waals surface area contributed by atoms with E-state index in [0.717, 1.165) is 9.90 Å². The molecule has 1 aromatic carbocycles. The first-order valence-corrected chi connectivity index (χ1v) is 8.04. The van der Waals surface area contributed by atoms with Crippen LogP contribution in [-0.4, -0.2) is 28.5 Å². The number of anilines is 1. The molecule has 0 spiro atoms. The van der Waals surface area contributed by atoms with Gasteiger partial charge in [0.1, 0.15) is 5.75 Å². The number of amides is 1. The van der Waals surface area contributed by atoms with Crippen molar-refractivity contribution in [3.8, 4) is 5.75 Å². The fraction of sp³-hybridized carbons (Fsp3) is 0.308. The van der Waals surface area contributed by atoms with E-state index >= 15 is 0 Å². The first-order valence-electron chi connectivity index (χ1n) is 6.00. The molecule has 1 N–H and O–H groups in total. The molecule has 0 aliphatic heterocycles. The highest BCUT2D eigenvalue weighted by atomic mass is 32.2. The van der Waals surface area contributed by atoms with E-state index in [1.54, 1.807) is 6.92 Å². The zero-order valence-electron chi connectivity index (χ0n) is 11.4. The molecule has 1 heterocycles. The topological polar surface area (TPSA) is 64.1 Å². The van der Waals surface area contributed by atoms with E-state index in [9.17, 15) is 4.79 Å². The molecule has 5 nitrogen and oxygen atoms in total. The van der Waals surface area contributed by atoms with Gasteiger partial charge in [0.05, 0.1) is 0 Å². The predicted molar refractivity (Wildman–Crippen MR) is 81.6 cm³/mol. The molecule has 0 saturated carbocycles. The monoisotopic (exact) mass is 309 g/mol. The summed E-state index contributed by atoms with van der Waals surface area (Å²) in [5.74, 6) is 0.426. The summed E-state index contributed by atoms with van der Waals surface area (Å²) < 4.78 is 6.39. The molecule has 1 atom stereocenters. The summed E-state index contributed by atoms with van der Waals surface area (Å²) in [6.07, 6.45) is 1.31. The van der Waals surface area contributed by atoms with Gasteiger partial charge in [-0.15, -0.1) is 10.2 Å². The zero-order chi connectivity index (χ0) is 14.5. The predicted octanol–water partition coefficient (Wildman–Crippen LogP) is 2.97. The Balaban J connectivity index is 1.93. The Morgan fingerprint density at radius 1 is 1.35 bits per heavy atom. The number of thioether (sulfide) groups is 1. The van der Waals surface area contributed by atoms with Crippen LogP contribution in [-0.2, 0) is 4.79 Å². The van der Waals surface area contributed by atoms with Crippen molar-refractivity contribution in [3.05, 3.63) is 29.8 Å². The van der Waals surface area contributed by atoms with Crippen molar-refractivity contribution in [2.24, 2.45) is 0 Å². The van der Waals surface area contributed by atoms with Crippen LogP contribution in [0, 0.1) is 6.92 Å². The highest BCUT2D eigenvalue weighted by molar-refractivity contribution is 8.00. The maximum atomic E-state index is 12.0. The Hall–Kier alpha value is -1.60. The number of nitrogens with one attached hydrogen (secondary N) is 1. The number of rotatable bonds is 5. The number of hydrogen-bond acceptors (Lipinski definition) is 6. The van der Waals surface area contributed by atoms with Crippen molar-refractivity contribution < 1.29 is 9.53 Å². The van der Waals surface area contributed by atoms with Gasteiger partial charge in [0.25, 0.3) is 5.91 Å².